The number of carbonyl (C=O) groups is 2. The van der Waals surface area contributed by atoms with E-state index in [4.69, 9.17) is 4.74 Å². The first-order valence-electron chi connectivity index (χ1n) is 10.4. The molecule has 0 spiro atoms. The minimum absolute atomic E-state index is 0.225. The standard InChI is InChI=1S/C26H22Br2N2O3/c1-16-5-3-7-18(9-16)14-30-25(31)23(29-26(30)32)13-20-11-21(27)24(22(28)12-20)33-15-19-8-4-6-17(2)10-19/h3-13H,14-15H2,1-2H3,(H,29,32)/b23-13+. The fourth-order valence-electron chi connectivity index (χ4n) is 3.63. The third-order valence-electron chi connectivity index (χ3n) is 5.18. The van der Waals surface area contributed by atoms with Crippen LogP contribution in [0.2, 0.25) is 0 Å². The molecule has 3 aromatic carbocycles. The van der Waals surface area contributed by atoms with Crippen molar-refractivity contribution in [1.29, 1.82) is 0 Å². The number of aryl methyl sites for hydroxylation is 2. The largest absolute Gasteiger partial charge is 0.487 e. The molecule has 4 rings (SSSR count). The first-order valence-corrected chi connectivity index (χ1v) is 12.0. The average molecular weight is 570 g/mol. The zero-order valence-corrected chi connectivity index (χ0v) is 21.4. The molecule has 1 saturated heterocycles. The number of halogens is 2. The molecule has 0 aromatic heterocycles. The van der Waals surface area contributed by atoms with Gasteiger partial charge in [-0.2, -0.15) is 0 Å². The first-order chi connectivity index (χ1) is 15.8. The Morgan fingerprint density at radius 2 is 1.52 bits per heavy atom. The Labute approximate surface area is 209 Å². The molecule has 0 unspecified atom stereocenters. The highest BCUT2D eigenvalue weighted by Gasteiger charge is 2.33. The van der Waals surface area contributed by atoms with Crippen LogP contribution in [0, 0.1) is 13.8 Å². The molecular weight excluding hydrogens is 548 g/mol. The lowest BCUT2D eigenvalue weighted by Crippen LogP contribution is -2.30. The number of urea groups is 1. The van der Waals surface area contributed by atoms with Crippen molar-refractivity contribution in [2.75, 3.05) is 0 Å². The number of nitrogens with zero attached hydrogens (tertiary/aromatic N) is 1. The van der Waals surface area contributed by atoms with Crippen molar-refractivity contribution < 1.29 is 14.3 Å². The molecule has 0 bridgehead atoms. The molecule has 7 heteroatoms. The smallest absolute Gasteiger partial charge is 0.329 e. The minimum atomic E-state index is -0.427. The number of hydrogen-bond donors (Lipinski definition) is 1. The van der Waals surface area contributed by atoms with E-state index in [-0.39, 0.29) is 18.1 Å². The van der Waals surface area contributed by atoms with Crippen molar-refractivity contribution in [3.05, 3.63) is 103 Å². The Balaban J connectivity index is 1.50. The number of carbonyl (C=O) groups excluding carboxylic acids is 2. The number of amides is 3. The van der Waals surface area contributed by atoms with Gasteiger partial charge >= 0.3 is 6.03 Å². The van der Waals surface area contributed by atoms with E-state index in [1.807, 2.05) is 68.4 Å². The molecule has 0 atom stereocenters. The molecule has 0 radical (unpaired) electrons. The second-order valence-electron chi connectivity index (χ2n) is 7.96. The topological polar surface area (TPSA) is 58.6 Å². The lowest BCUT2D eigenvalue weighted by Gasteiger charge is -2.12. The van der Waals surface area contributed by atoms with E-state index in [9.17, 15) is 9.59 Å². The molecule has 1 heterocycles. The number of benzene rings is 3. The summed E-state index contributed by atoms with van der Waals surface area (Å²) >= 11 is 7.12. The summed E-state index contributed by atoms with van der Waals surface area (Å²) in [7, 11) is 0. The molecule has 5 nitrogen and oxygen atoms in total. The highest BCUT2D eigenvalue weighted by Crippen LogP contribution is 2.36. The summed E-state index contributed by atoms with van der Waals surface area (Å²) in [5, 5.41) is 2.68. The second kappa shape index (κ2) is 9.93. The Bertz CT molecular complexity index is 1250. The Kier molecular flexibility index (Phi) is 7.00. The van der Waals surface area contributed by atoms with Crippen LogP contribution in [0.1, 0.15) is 27.8 Å². The van der Waals surface area contributed by atoms with Crippen LogP contribution in [0.3, 0.4) is 0 Å². The zero-order chi connectivity index (χ0) is 23.5. The number of rotatable bonds is 6. The van der Waals surface area contributed by atoms with E-state index in [1.165, 1.54) is 10.5 Å². The van der Waals surface area contributed by atoms with Crippen LogP contribution in [0.5, 0.6) is 5.75 Å². The number of imide groups is 1. The van der Waals surface area contributed by atoms with Gasteiger partial charge in [-0.3, -0.25) is 9.69 Å². The van der Waals surface area contributed by atoms with Gasteiger partial charge in [0, 0.05) is 0 Å². The maximum atomic E-state index is 12.9. The summed E-state index contributed by atoms with van der Waals surface area (Å²) in [5.74, 6) is 0.315. The lowest BCUT2D eigenvalue weighted by atomic mass is 10.1. The molecule has 1 aliphatic rings. The summed E-state index contributed by atoms with van der Waals surface area (Å²) in [6, 6.07) is 19.2. The summed E-state index contributed by atoms with van der Waals surface area (Å²) in [6.07, 6.45) is 1.66. The van der Waals surface area contributed by atoms with Crippen molar-refractivity contribution in [2.24, 2.45) is 0 Å². The second-order valence-corrected chi connectivity index (χ2v) is 9.67. The third kappa shape index (κ3) is 5.54. The number of ether oxygens (including phenoxy) is 1. The fourth-order valence-corrected chi connectivity index (χ4v) is 5.08. The zero-order valence-electron chi connectivity index (χ0n) is 18.2. The van der Waals surface area contributed by atoms with E-state index >= 15 is 0 Å². The van der Waals surface area contributed by atoms with Gasteiger partial charge in [-0.05, 0) is 80.6 Å². The molecule has 168 valence electrons. The Morgan fingerprint density at radius 1 is 0.909 bits per heavy atom. The van der Waals surface area contributed by atoms with E-state index in [0.717, 1.165) is 31.2 Å². The maximum Gasteiger partial charge on any atom is 0.329 e. The van der Waals surface area contributed by atoms with Gasteiger partial charge in [-0.25, -0.2) is 4.79 Å². The van der Waals surface area contributed by atoms with E-state index in [1.54, 1.807) is 6.08 Å². The monoisotopic (exact) mass is 568 g/mol. The van der Waals surface area contributed by atoms with Crippen LogP contribution < -0.4 is 10.1 Å². The normalized spacial score (nSPS) is 14.7. The van der Waals surface area contributed by atoms with Crippen LogP contribution in [0.4, 0.5) is 4.79 Å². The molecule has 0 saturated carbocycles. The van der Waals surface area contributed by atoms with Crippen LogP contribution in [0.25, 0.3) is 6.08 Å². The molecule has 1 fully saturated rings. The highest BCUT2D eigenvalue weighted by atomic mass is 79.9. The number of hydrogen-bond acceptors (Lipinski definition) is 3. The van der Waals surface area contributed by atoms with E-state index in [2.05, 4.69) is 43.2 Å². The molecule has 33 heavy (non-hydrogen) atoms. The third-order valence-corrected chi connectivity index (χ3v) is 6.36. The first kappa shape index (κ1) is 23.3. The fraction of sp³-hybridized carbons (Fsp3) is 0.154. The van der Waals surface area contributed by atoms with Gasteiger partial charge in [0.2, 0.25) is 0 Å². The van der Waals surface area contributed by atoms with Gasteiger partial charge in [0.05, 0.1) is 15.5 Å². The molecule has 3 aromatic rings. The average Bonchev–Trinajstić information content (AvgIpc) is 3.00. The van der Waals surface area contributed by atoms with Crippen LogP contribution in [-0.2, 0) is 17.9 Å². The van der Waals surface area contributed by atoms with Crippen LogP contribution >= 0.6 is 31.9 Å². The van der Waals surface area contributed by atoms with Crippen molar-refractivity contribution in [2.45, 2.75) is 27.0 Å². The Morgan fingerprint density at radius 3 is 2.15 bits per heavy atom. The van der Waals surface area contributed by atoms with Crippen molar-refractivity contribution in [1.82, 2.24) is 10.2 Å². The van der Waals surface area contributed by atoms with E-state index in [0.29, 0.717) is 12.4 Å². The quantitative estimate of drug-likeness (QED) is 0.272. The predicted octanol–water partition coefficient (Wildman–Crippen LogP) is 6.50. The number of nitrogens with one attached hydrogen (secondary N) is 1. The summed E-state index contributed by atoms with van der Waals surface area (Å²) in [4.78, 5) is 26.5. The van der Waals surface area contributed by atoms with Crippen molar-refractivity contribution >= 4 is 49.9 Å². The SMILES string of the molecule is Cc1cccc(COc2c(Br)cc(/C=C3/NC(=O)N(Cc4cccc(C)c4)C3=O)cc2Br)c1. The van der Waals surface area contributed by atoms with Gasteiger partial charge in [-0.15, -0.1) is 0 Å². The van der Waals surface area contributed by atoms with Gasteiger partial charge in [0.25, 0.3) is 5.91 Å². The molecule has 1 aliphatic heterocycles. The van der Waals surface area contributed by atoms with Crippen LogP contribution in [-0.4, -0.2) is 16.8 Å². The predicted molar refractivity (Wildman–Crippen MR) is 136 cm³/mol. The summed E-state index contributed by atoms with van der Waals surface area (Å²) < 4.78 is 7.49. The maximum absolute atomic E-state index is 12.9. The minimum Gasteiger partial charge on any atom is -0.487 e. The molecular formula is C26H22Br2N2O3. The van der Waals surface area contributed by atoms with Crippen LogP contribution in [0.15, 0.2) is 75.3 Å². The van der Waals surface area contributed by atoms with Gasteiger partial charge in [0.15, 0.2) is 0 Å². The summed E-state index contributed by atoms with van der Waals surface area (Å²) in [5.41, 5.74) is 5.22. The molecule has 0 aliphatic carbocycles. The van der Waals surface area contributed by atoms with Gasteiger partial charge < -0.3 is 10.1 Å². The summed E-state index contributed by atoms with van der Waals surface area (Å²) in [6.45, 7) is 4.68. The highest BCUT2D eigenvalue weighted by molar-refractivity contribution is 9.11. The van der Waals surface area contributed by atoms with Gasteiger partial charge in [-0.1, -0.05) is 59.7 Å². The lowest BCUT2D eigenvalue weighted by molar-refractivity contribution is -0.123. The van der Waals surface area contributed by atoms with Crippen molar-refractivity contribution in [3.8, 4) is 5.75 Å². The van der Waals surface area contributed by atoms with Crippen molar-refractivity contribution in [3.63, 3.8) is 0 Å². The molecule has 1 N–H and O–H groups in total. The van der Waals surface area contributed by atoms with E-state index < -0.39 is 6.03 Å². The molecule has 3 amide bonds. The Hall–Kier alpha value is -2.90. The van der Waals surface area contributed by atoms with Gasteiger partial charge in [0.1, 0.15) is 18.1 Å².